The van der Waals surface area contributed by atoms with Crippen molar-refractivity contribution in [3.8, 4) is 0 Å². The number of piperidine rings is 1. The molecule has 2 aliphatic rings. The van der Waals surface area contributed by atoms with E-state index in [4.69, 9.17) is 5.73 Å². The number of rotatable bonds is 3. The van der Waals surface area contributed by atoms with E-state index in [-0.39, 0.29) is 5.54 Å². The van der Waals surface area contributed by atoms with Gasteiger partial charge in [0.1, 0.15) is 0 Å². The summed E-state index contributed by atoms with van der Waals surface area (Å²) >= 11 is 0. The molecule has 1 saturated carbocycles. The third-order valence-corrected chi connectivity index (χ3v) is 4.12. The predicted molar refractivity (Wildman–Crippen MR) is 60.2 cm³/mol. The smallest absolute Gasteiger partial charge is 0.0306 e. The highest BCUT2D eigenvalue weighted by atomic mass is 15.2. The lowest BCUT2D eigenvalue weighted by Gasteiger charge is -2.45. The van der Waals surface area contributed by atoms with E-state index in [1.54, 1.807) is 0 Å². The van der Waals surface area contributed by atoms with Crippen molar-refractivity contribution in [2.75, 3.05) is 13.1 Å². The van der Waals surface area contributed by atoms with Gasteiger partial charge in [-0.3, -0.25) is 4.90 Å². The fraction of sp³-hybridized carbons (Fsp3) is 1.00. The first-order valence-corrected chi connectivity index (χ1v) is 6.13. The Bertz CT molecular complexity index is 190. The van der Waals surface area contributed by atoms with Gasteiger partial charge in [0, 0.05) is 11.6 Å². The summed E-state index contributed by atoms with van der Waals surface area (Å²) in [5.74, 6) is 0.812. The van der Waals surface area contributed by atoms with Gasteiger partial charge in [-0.05, 0) is 58.5 Å². The van der Waals surface area contributed by atoms with Crippen LogP contribution in [0.5, 0.6) is 0 Å². The zero-order valence-corrected chi connectivity index (χ0v) is 9.63. The topological polar surface area (TPSA) is 29.3 Å². The van der Waals surface area contributed by atoms with Crippen LogP contribution in [0.4, 0.5) is 0 Å². The van der Waals surface area contributed by atoms with Gasteiger partial charge in [0.25, 0.3) is 0 Å². The van der Waals surface area contributed by atoms with Crippen molar-refractivity contribution in [3.05, 3.63) is 0 Å². The highest BCUT2D eigenvalue weighted by Crippen LogP contribution is 2.38. The van der Waals surface area contributed by atoms with Crippen LogP contribution in [0.15, 0.2) is 0 Å². The highest BCUT2D eigenvalue weighted by Gasteiger charge is 2.42. The van der Waals surface area contributed by atoms with E-state index in [9.17, 15) is 0 Å². The number of likely N-dealkylation sites (tertiary alicyclic amines) is 1. The Hall–Kier alpha value is -0.0800. The minimum atomic E-state index is 0.224. The monoisotopic (exact) mass is 196 g/mol. The number of hydrogen-bond donors (Lipinski definition) is 1. The second kappa shape index (κ2) is 3.82. The van der Waals surface area contributed by atoms with E-state index in [1.165, 1.54) is 45.2 Å². The van der Waals surface area contributed by atoms with Crippen molar-refractivity contribution in [2.45, 2.75) is 57.5 Å². The molecule has 2 N–H and O–H groups in total. The zero-order chi connectivity index (χ0) is 10.2. The van der Waals surface area contributed by atoms with E-state index in [1.807, 2.05) is 0 Å². The predicted octanol–water partition coefficient (Wildman–Crippen LogP) is 1.99. The number of nitrogens with zero attached hydrogens (tertiary/aromatic N) is 1. The Morgan fingerprint density at radius 2 is 1.71 bits per heavy atom. The maximum atomic E-state index is 6.35. The van der Waals surface area contributed by atoms with Crippen LogP contribution in [-0.2, 0) is 0 Å². The molecular formula is C12H24N2. The van der Waals surface area contributed by atoms with Gasteiger partial charge in [0.15, 0.2) is 0 Å². The second-order valence-electron chi connectivity index (χ2n) is 5.56. The molecule has 14 heavy (non-hydrogen) atoms. The molecule has 0 spiro atoms. The Balaban J connectivity index is 1.97. The first kappa shape index (κ1) is 10.4. The van der Waals surface area contributed by atoms with E-state index >= 15 is 0 Å². The van der Waals surface area contributed by atoms with Crippen LogP contribution < -0.4 is 5.73 Å². The summed E-state index contributed by atoms with van der Waals surface area (Å²) in [5.41, 5.74) is 6.57. The van der Waals surface area contributed by atoms with Crippen molar-refractivity contribution in [3.63, 3.8) is 0 Å². The third-order valence-electron chi connectivity index (χ3n) is 4.12. The molecule has 82 valence electrons. The quantitative estimate of drug-likeness (QED) is 0.748. The number of hydrogen-bond acceptors (Lipinski definition) is 2. The molecule has 0 bridgehead atoms. The lowest BCUT2D eigenvalue weighted by atomic mass is 9.88. The molecule has 1 heterocycles. The molecule has 1 atom stereocenters. The van der Waals surface area contributed by atoms with Crippen LogP contribution >= 0.6 is 0 Å². The van der Waals surface area contributed by atoms with Crippen LogP contribution in [-0.4, -0.2) is 29.6 Å². The molecule has 1 saturated heterocycles. The van der Waals surface area contributed by atoms with Gasteiger partial charge in [0.2, 0.25) is 0 Å². The third kappa shape index (κ3) is 1.96. The summed E-state index contributed by atoms with van der Waals surface area (Å²) in [4.78, 5) is 2.61. The van der Waals surface area contributed by atoms with Gasteiger partial charge in [-0.1, -0.05) is 6.42 Å². The van der Waals surface area contributed by atoms with E-state index in [2.05, 4.69) is 18.7 Å². The van der Waals surface area contributed by atoms with Crippen molar-refractivity contribution in [1.29, 1.82) is 0 Å². The molecule has 0 aromatic rings. The van der Waals surface area contributed by atoms with E-state index in [0.717, 1.165) is 5.92 Å². The van der Waals surface area contributed by atoms with Crippen LogP contribution in [0.25, 0.3) is 0 Å². The van der Waals surface area contributed by atoms with Crippen LogP contribution in [0, 0.1) is 5.92 Å². The van der Waals surface area contributed by atoms with Gasteiger partial charge in [-0.25, -0.2) is 0 Å². The van der Waals surface area contributed by atoms with Crippen molar-refractivity contribution in [2.24, 2.45) is 11.7 Å². The minimum Gasteiger partial charge on any atom is -0.326 e. The molecule has 0 aromatic carbocycles. The summed E-state index contributed by atoms with van der Waals surface area (Å²) in [6, 6.07) is 0.389. The summed E-state index contributed by atoms with van der Waals surface area (Å²) < 4.78 is 0. The van der Waals surface area contributed by atoms with E-state index in [0.29, 0.717) is 6.04 Å². The van der Waals surface area contributed by atoms with Gasteiger partial charge in [-0.2, -0.15) is 0 Å². The highest BCUT2D eigenvalue weighted by molar-refractivity contribution is 5.00. The Morgan fingerprint density at radius 3 is 2.21 bits per heavy atom. The molecule has 0 aromatic heterocycles. The Kier molecular flexibility index (Phi) is 2.85. The van der Waals surface area contributed by atoms with Gasteiger partial charge < -0.3 is 5.73 Å². The molecule has 0 radical (unpaired) electrons. The van der Waals surface area contributed by atoms with Gasteiger partial charge in [-0.15, -0.1) is 0 Å². The van der Waals surface area contributed by atoms with Gasteiger partial charge in [0.05, 0.1) is 0 Å². The average molecular weight is 196 g/mol. The molecule has 0 amide bonds. The summed E-state index contributed by atoms with van der Waals surface area (Å²) in [7, 11) is 0. The summed E-state index contributed by atoms with van der Waals surface area (Å²) in [6.45, 7) is 7.18. The molecule has 1 aliphatic heterocycles. The normalized spacial score (nSPS) is 27.6. The zero-order valence-electron chi connectivity index (χ0n) is 9.63. The fourth-order valence-corrected chi connectivity index (χ4v) is 2.71. The van der Waals surface area contributed by atoms with Crippen molar-refractivity contribution < 1.29 is 0 Å². The molecule has 2 fully saturated rings. The molecule has 2 rings (SSSR count). The van der Waals surface area contributed by atoms with Crippen LogP contribution in [0.3, 0.4) is 0 Å². The first-order valence-electron chi connectivity index (χ1n) is 6.13. The standard InChI is InChI=1S/C12H24N2/c1-12(2,11(13)10-6-7-10)14-8-4-3-5-9-14/h10-11H,3-9,13H2,1-2H3. The lowest BCUT2D eigenvalue weighted by molar-refractivity contribution is 0.0668. The first-order chi connectivity index (χ1) is 6.62. The molecule has 1 aliphatic carbocycles. The maximum Gasteiger partial charge on any atom is 0.0306 e. The average Bonchev–Trinajstić information content (AvgIpc) is 3.01. The van der Waals surface area contributed by atoms with Crippen LogP contribution in [0.1, 0.15) is 46.0 Å². The Morgan fingerprint density at radius 1 is 1.14 bits per heavy atom. The minimum absolute atomic E-state index is 0.224. The number of nitrogens with two attached hydrogens (primary N) is 1. The van der Waals surface area contributed by atoms with Gasteiger partial charge >= 0.3 is 0 Å². The molecular weight excluding hydrogens is 172 g/mol. The van der Waals surface area contributed by atoms with Crippen LogP contribution in [0.2, 0.25) is 0 Å². The molecule has 2 nitrogen and oxygen atoms in total. The lowest BCUT2D eigenvalue weighted by Crippen LogP contribution is -2.58. The summed E-state index contributed by atoms with van der Waals surface area (Å²) in [6.07, 6.45) is 6.85. The fourth-order valence-electron chi connectivity index (χ4n) is 2.71. The second-order valence-corrected chi connectivity index (χ2v) is 5.56. The Labute approximate surface area is 87.8 Å². The molecule has 1 unspecified atom stereocenters. The largest absolute Gasteiger partial charge is 0.326 e. The van der Waals surface area contributed by atoms with Crippen molar-refractivity contribution >= 4 is 0 Å². The maximum absolute atomic E-state index is 6.35. The van der Waals surface area contributed by atoms with Crippen molar-refractivity contribution in [1.82, 2.24) is 4.90 Å². The summed E-state index contributed by atoms with van der Waals surface area (Å²) in [5, 5.41) is 0. The molecule has 2 heteroatoms. The van der Waals surface area contributed by atoms with E-state index < -0.39 is 0 Å². The SMILES string of the molecule is CC(C)(C(N)C1CC1)N1CCCCC1.